The van der Waals surface area contributed by atoms with E-state index >= 15 is 0 Å². The van der Waals surface area contributed by atoms with Crippen LogP contribution >= 0.6 is 0 Å². The average molecular weight is 280 g/mol. The Balaban J connectivity index is 2.11. The first-order valence-electron chi connectivity index (χ1n) is 5.81. The van der Waals surface area contributed by atoms with Crippen molar-refractivity contribution in [3.8, 4) is 0 Å². The number of aryl methyl sites for hydroxylation is 1. The molecule has 1 heterocycles. The SMILES string of the molecule is Cc1ccncc1CNC(=O)c1cc(F)c(F)c(F)c1. The lowest BCUT2D eigenvalue weighted by molar-refractivity contribution is 0.0949. The zero-order valence-electron chi connectivity index (χ0n) is 10.6. The van der Waals surface area contributed by atoms with Crippen LogP contribution < -0.4 is 5.32 Å². The number of rotatable bonds is 3. The summed E-state index contributed by atoms with van der Waals surface area (Å²) in [4.78, 5) is 15.7. The van der Waals surface area contributed by atoms with Gasteiger partial charge in [-0.1, -0.05) is 0 Å². The minimum atomic E-state index is -1.59. The molecule has 0 radical (unpaired) electrons. The first kappa shape index (κ1) is 14.0. The molecule has 2 aromatic rings. The fourth-order valence-electron chi connectivity index (χ4n) is 1.65. The summed E-state index contributed by atoms with van der Waals surface area (Å²) >= 11 is 0. The monoisotopic (exact) mass is 280 g/mol. The van der Waals surface area contributed by atoms with Crippen molar-refractivity contribution >= 4 is 5.91 Å². The lowest BCUT2D eigenvalue weighted by Gasteiger charge is -2.08. The summed E-state index contributed by atoms with van der Waals surface area (Å²) in [6, 6.07) is 3.09. The largest absolute Gasteiger partial charge is 0.348 e. The minimum absolute atomic E-state index is 0.166. The maximum absolute atomic E-state index is 13.0. The molecule has 0 fully saturated rings. The van der Waals surface area contributed by atoms with Gasteiger partial charge in [0.1, 0.15) is 0 Å². The molecule has 0 aliphatic heterocycles. The van der Waals surface area contributed by atoms with Gasteiger partial charge < -0.3 is 5.32 Å². The molecule has 20 heavy (non-hydrogen) atoms. The Hall–Kier alpha value is -2.37. The molecule has 0 bridgehead atoms. The molecule has 6 heteroatoms. The molecule has 0 spiro atoms. The van der Waals surface area contributed by atoms with E-state index in [1.807, 2.05) is 6.92 Å². The molecular formula is C14H11F3N2O. The Morgan fingerprint density at radius 2 is 1.90 bits per heavy atom. The lowest BCUT2D eigenvalue weighted by atomic mass is 10.1. The Morgan fingerprint density at radius 3 is 2.50 bits per heavy atom. The summed E-state index contributed by atoms with van der Waals surface area (Å²) in [5, 5.41) is 2.50. The van der Waals surface area contributed by atoms with Gasteiger partial charge >= 0.3 is 0 Å². The molecular weight excluding hydrogens is 269 g/mol. The molecule has 104 valence electrons. The van der Waals surface area contributed by atoms with E-state index < -0.39 is 23.4 Å². The van der Waals surface area contributed by atoms with Crippen LogP contribution in [-0.2, 0) is 6.54 Å². The molecule has 0 aliphatic rings. The highest BCUT2D eigenvalue weighted by molar-refractivity contribution is 5.94. The molecule has 3 nitrogen and oxygen atoms in total. The number of nitrogens with one attached hydrogen (secondary N) is 1. The molecule has 0 atom stereocenters. The molecule has 0 saturated heterocycles. The van der Waals surface area contributed by atoms with Gasteiger partial charge in [-0.3, -0.25) is 9.78 Å². The second-order valence-corrected chi connectivity index (χ2v) is 4.24. The fourth-order valence-corrected chi connectivity index (χ4v) is 1.65. The minimum Gasteiger partial charge on any atom is -0.348 e. The number of benzene rings is 1. The van der Waals surface area contributed by atoms with Crippen LogP contribution in [0.2, 0.25) is 0 Å². The van der Waals surface area contributed by atoms with Crippen LogP contribution in [0.1, 0.15) is 21.5 Å². The van der Waals surface area contributed by atoms with Gasteiger partial charge in [-0.2, -0.15) is 0 Å². The van der Waals surface area contributed by atoms with Crippen LogP contribution in [0.25, 0.3) is 0 Å². The van der Waals surface area contributed by atoms with Gasteiger partial charge in [0, 0.05) is 24.5 Å². The molecule has 0 saturated carbocycles. The van der Waals surface area contributed by atoms with Crippen molar-refractivity contribution in [1.82, 2.24) is 10.3 Å². The Labute approximate surface area is 113 Å². The van der Waals surface area contributed by atoms with E-state index in [-0.39, 0.29) is 12.1 Å². The van der Waals surface area contributed by atoms with Crippen molar-refractivity contribution in [3.05, 3.63) is 64.7 Å². The highest BCUT2D eigenvalue weighted by Crippen LogP contribution is 2.14. The van der Waals surface area contributed by atoms with Gasteiger partial charge in [0.05, 0.1) is 0 Å². The van der Waals surface area contributed by atoms with E-state index in [0.717, 1.165) is 11.1 Å². The first-order valence-corrected chi connectivity index (χ1v) is 5.81. The van der Waals surface area contributed by atoms with Gasteiger partial charge in [-0.05, 0) is 36.2 Å². The Bertz CT molecular complexity index is 636. The van der Waals surface area contributed by atoms with Crippen molar-refractivity contribution in [1.29, 1.82) is 0 Å². The van der Waals surface area contributed by atoms with Crippen molar-refractivity contribution < 1.29 is 18.0 Å². The van der Waals surface area contributed by atoms with Crippen molar-refractivity contribution in [2.45, 2.75) is 13.5 Å². The summed E-state index contributed by atoms with van der Waals surface area (Å²) in [5.41, 5.74) is 1.43. The molecule has 0 unspecified atom stereocenters. The number of halogens is 3. The fraction of sp³-hybridized carbons (Fsp3) is 0.143. The summed E-state index contributed by atoms with van der Waals surface area (Å²) in [5.74, 6) is -5.07. The van der Waals surface area contributed by atoms with Crippen LogP contribution in [0.5, 0.6) is 0 Å². The number of hydrogen-bond acceptors (Lipinski definition) is 2. The number of carbonyl (C=O) groups excluding carboxylic acids is 1. The Kier molecular flexibility index (Phi) is 4.02. The lowest BCUT2D eigenvalue weighted by Crippen LogP contribution is -2.23. The van der Waals surface area contributed by atoms with Gasteiger partial charge in [0.15, 0.2) is 17.5 Å². The smallest absolute Gasteiger partial charge is 0.251 e. The van der Waals surface area contributed by atoms with Crippen molar-refractivity contribution in [2.24, 2.45) is 0 Å². The second-order valence-electron chi connectivity index (χ2n) is 4.24. The van der Waals surface area contributed by atoms with Gasteiger partial charge in [-0.25, -0.2) is 13.2 Å². The zero-order chi connectivity index (χ0) is 14.7. The van der Waals surface area contributed by atoms with Crippen LogP contribution in [-0.4, -0.2) is 10.9 Å². The third-order valence-electron chi connectivity index (χ3n) is 2.83. The number of carbonyl (C=O) groups is 1. The van der Waals surface area contributed by atoms with E-state index in [2.05, 4.69) is 10.3 Å². The molecule has 1 aromatic heterocycles. The standard InChI is InChI=1S/C14H11F3N2O/c1-8-2-3-18-6-10(8)7-19-14(20)9-4-11(15)13(17)12(16)5-9/h2-6H,7H2,1H3,(H,19,20). The number of hydrogen-bond donors (Lipinski definition) is 1. The topological polar surface area (TPSA) is 42.0 Å². The summed E-state index contributed by atoms with van der Waals surface area (Å²) in [6.07, 6.45) is 3.20. The maximum atomic E-state index is 13.0. The Morgan fingerprint density at radius 1 is 1.25 bits per heavy atom. The van der Waals surface area contributed by atoms with Crippen molar-refractivity contribution in [3.63, 3.8) is 0 Å². The van der Waals surface area contributed by atoms with Crippen LogP contribution in [0, 0.1) is 24.4 Å². The maximum Gasteiger partial charge on any atom is 0.251 e. The first-order chi connectivity index (χ1) is 9.49. The van der Waals surface area contributed by atoms with Gasteiger partial charge in [-0.15, -0.1) is 0 Å². The highest BCUT2D eigenvalue weighted by atomic mass is 19.2. The van der Waals surface area contributed by atoms with E-state index in [1.165, 1.54) is 0 Å². The quantitative estimate of drug-likeness (QED) is 0.878. The van der Waals surface area contributed by atoms with E-state index in [9.17, 15) is 18.0 Å². The highest BCUT2D eigenvalue weighted by Gasteiger charge is 2.15. The van der Waals surface area contributed by atoms with Crippen molar-refractivity contribution in [2.75, 3.05) is 0 Å². The third kappa shape index (κ3) is 2.96. The number of nitrogens with zero attached hydrogens (tertiary/aromatic N) is 1. The zero-order valence-corrected chi connectivity index (χ0v) is 10.6. The molecule has 1 aromatic carbocycles. The summed E-state index contributed by atoms with van der Waals surface area (Å²) in [6.45, 7) is 2.01. The van der Waals surface area contributed by atoms with E-state index in [1.54, 1.807) is 18.5 Å². The van der Waals surface area contributed by atoms with E-state index in [4.69, 9.17) is 0 Å². The van der Waals surface area contributed by atoms with Crippen LogP contribution in [0.15, 0.2) is 30.6 Å². The number of aromatic nitrogens is 1. The summed E-state index contributed by atoms with van der Waals surface area (Å²) < 4.78 is 38.8. The molecule has 1 amide bonds. The van der Waals surface area contributed by atoms with Gasteiger partial charge in [0.2, 0.25) is 0 Å². The predicted octanol–water partition coefficient (Wildman–Crippen LogP) is 2.74. The third-order valence-corrected chi connectivity index (χ3v) is 2.83. The average Bonchev–Trinajstić information content (AvgIpc) is 2.43. The normalized spacial score (nSPS) is 10.4. The molecule has 2 rings (SSSR count). The number of pyridine rings is 1. The van der Waals surface area contributed by atoms with Crippen LogP contribution in [0.4, 0.5) is 13.2 Å². The second kappa shape index (κ2) is 5.73. The molecule has 0 aliphatic carbocycles. The molecule has 1 N–H and O–H groups in total. The summed E-state index contributed by atoms with van der Waals surface area (Å²) in [7, 11) is 0. The van der Waals surface area contributed by atoms with Gasteiger partial charge in [0.25, 0.3) is 5.91 Å². The predicted molar refractivity (Wildman–Crippen MR) is 66.5 cm³/mol. The van der Waals surface area contributed by atoms with E-state index in [0.29, 0.717) is 12.1 Å². The van der Waals surface area contributed by atoms with Crippen LogP contribution in [0.3, 0.4) is 0 Å². The number of amides is 1.